The Labute approximate surface area is 184 Å². The van der Waals surface area contributed by atoms with E-state index in [9.17, 15) is 34.4 Å². The van der Waals surface area contributed by atoms with Gasteiger partial charge < -0.3 is 14.6 Å². The van der Waals surface area contributed by atoms with Gasteiger partial charge in [0.05, 0.1) is 24.2 Å². The van der Waals surface area contributed by atoms with E-state index < -0.39 is 47.4 Å². The number of nitrogens with zero attached hydrogens (tertiary/aromatic N) is 2. The molecule has 0 aromatic heterocycles. The minimum atomic E-state index is -1.30. The first-order chi connectivity index (χ1) is 15.1. The molecule has 12 nitrogen and oxygen atoms in total. The van der Waals surface area contributed by atoms with Gasteiger partial charge in [0.25, 0.3) is 5.69 Å². The summed E-state index contributed by atoms with van der Waals surface area (Å²) in [6.45, 7) is 4.26. The Morgan fingerprint density at radius 3 is 2.22 bits per heavy atom. The Morgan fingerprint density at radius 1 is 1.12 bits per heavy atom. The number of ether oxygens (including phenoxy) is 2. The van der Waals surface area contributed by atoms with Crippen LogP contribution < -0.4 is 10.2 Å². The van der Waals surface area contributed by atoms with E-state index in [0.717, 1.165) is 17.0 Å². The third-order valence-corrected chi connectivity index (χ3v) is 4.27. The van der Waals surface area contributed by atoms with Crippen LogP contribution >= 0.6 is 0 Å². The zero-order valence-electron chi connectivity index (χ0n) is 18.1. The van der Waals surface area contributed by atoms with Crippen molar-refractivity contribution in [1.82, 2.24) is 5.32 Å². The topological polar surface area (TPSA) is 165 Å². The number of nitro benzene ring substituents is 1. The molecule has 0 fully saturated rings. The van der Waals surface area contributed by atoms with Crippen LogP contribution in [0.25, 0.3) is 0 Å². The van der Waals surface area contributed by atoms with E-state index in [-0.39, 0.29) is 37.4 Å². The maximum atomic E-state index is 13.0. The maximum Gasteiger partial charge on any atom is 0.323 e. The van der Waals surface area contributed by atoms with Gasteiger partial charge in [-0.15, -0.1) is 0 Å². The molecular weight excluding hydrogens is 426 g/mol. The summed E-state index contributed by atoms with van der Waals surface area (Å²) in [7, 11) is 0. The van der Waals surface area contributed by atoms with Crippen LogP contribution in [0.15, 0.2) is 24.3 Å². The van der Waals surface area contributed by atoms with Gasteiger partial charge in [0.2, 0.25) is 5.91 Å². The van der Waals surface area contributed by atoms with Crippen LogP contribution in [-0.4, -0.2) is 65.7 Å². The van der Waals surface area contributed by atoms with Crippen molar-refractivity contribution in [3.8, 4) is 0 Å². The van der Waals surface area contributed by atoms with E-state index in [0.29, 0.717) is 0 Å². The number of anilines is 1. The molecule has 1 aromatic rings. The van der Waals surface area contributed by atoms with Crippen LogP contribution in [0.3, 0.4) is 0 Å². The molecule has 0 aliphatic rings. The van der Waals surface area contributed by atoms with Crippen LogP contribution in [0.1, 0.15) is 33.6 Å². The zero-order chi connectivity index (χ0) is 24.3. The van der Waals surface area contributed by atoms with E-state index >= 15 is 0 Å². The van der Waals surface area contributed by atoms with E-state index in [1.165, 1.54) is 19.1 Å². The molecule has 2 atom stereocenters. The number of benzene rings is 1. The average Bonchev–Trinajstić information content (AvgIpc) is 2.74. The second-order valence-electron chi connectivity index (χ2n) is 6.63. The molecule has 1 aromatic carbocycles. The van der Waals surface area contributed by atoms with Crippen LogP contribution in [0.5, 0.6) is 0 Å². The fraction of sp³-hybridized carbons (Fsp3) is 0.500. The number of rotatable bonds is 13. The number of nitro groups is 1. The highest BCUT2D eigenvalue weighted by Crippen LogP contribution is 2.20. The largest absolute Gasteiger partial charge is 0.480 e. The van der Waals surface area contributed by atoms with E-state index in [2.05, 4.69) is 5.32 Å². The highest BCUT2D eigenvalue weighted by atomic mass is 16.6. The van der Waals surface area contributed by atoms with Gasteiger partial charge in [-0.3, -0.25) is 39.5 Å². The lowest BCUT2D eigenvalue weighted by Crippen LogP contribution is -2.52. The Balaban J connectivity index is 3.02. The normalized spacial score (nSPS) is 12.3. The molecule has 0 saturated heterocycles. The molecule has 0 radical (unpaired) electrons. The molecule has 0 saturated carbocycles. The van der Waals surface area contributed by atoms with Crippen molar-refractivity contribution in [2.75, 3.05) is 24.7 Å². The van der Waals surface area contributed by atoms with Crippen molar-refractivity contribution in [2.24, 2.45) is 0 Å². The SMILES string of the molecule is CCOC(=O)CCC(NC(C)C(=O)N(CC(=O)O)c1ccc([N+](=O)[O-])cc1)C(=O)OCC. The minimum Gasteiger partial charge on any atom is -0.480 e. The Morgan fingerprint density at radius 2 is 1.72 bits per heavy atom. The van der Waals surface area contributed by atoms with Gasteiger partial charge in [-0.05, 0) is 39.3 Å². The Kier molecular flexibility index (Phi) is 10.8. The van der Waals surface area contributed by atoms with Gasteiger partial charge >= 0.3 is 17.9 Å². The minimum absolute atomic E-state index is 0.00570. The number of aliphatic carboxylic acids is 1. The number of amides is 1. The Bertz CT molecular complexity index is 826. The first kappa shape index (κ1) is 26.5. The molecule has 0 aliphatic heterocycles. The van der Waals surface area contributed by atoms with Gasteiger partial charge in [-0.25, -0.2) is 0 Å². The monoisotopic (exact) mass is 453 g/mol. The summed E-state index contributed by atoms with van der Waals surface area (Å²) < 4.78 is 9.83. The summed E-state index contributed by atoms with van der Waals surface area (Å²) in [4.78, 5) is 59.3. The lowest BCUT2D eigenvalue weighted by atomic mass is 10.1. The summed E-state index contributed by atoms with van der Waals surface area (Å²) in [6.07, 6.45) is -0.0851. The third-order valence-electron chi connectivity index (χ3n) is 4.27. The van der Waals surface area contributed by atoms with E-state index in [1.54, 1.807) is 13.8 Å². The number of carbonyl (C=O) groups is 4. The molecule has 2 unspecified atom stereocenters. The highest BCUT2D eigenvalue weighted by Gasteiger charge is 2.29. The molecular formula is C20H27N3O9. The maximum absolute atomic E-state index is 13.0. The molecule has 2 N–H and O–H groups in total. The molecule has 1 amide bonds. The van der Waals surface area contributed by atoms with Crippen LogP contribution in [0, 0.1) is 10.1 Å². The first-order valence-electron chi connectivity index (χ1n) is 9.96. The second kappa shape index (κ2) is 13.0. The standard InChI is InChI=1S/C20H27N3O9/c1-4-31-18(26)11-10-16(20(28)32-5-2)21-13(3)19(27)22(12-17(24)25)14-6-8-15(9-7-14)23(29)30/h6-9,13,16,21H,4-5,10-12H2,1-3H3,(H,24,25). The lowest BCUT2D eigenvalue weighted by Gasteiger charge is -2.27. The molecule has 176 valence electrons. The highest BCUT2D eigenvalue weighted by molar-refractivity contribution is 6.00. The number of hydrogen-bond acceptors (Lipinski definition) is 9. The van der Waals surface area contributed by atoms with E-state index in [4.69, 9.17) is 9.47 Å². The molecule has 0 bridgehead atoms. The van der Waals surface area contributed by atoms with Gasteiger partial charge in [-0.2, -0.15) is 0 Å². The van der Waals surface area contributed by atoms with Gasteiger partial charge in [0.15, 0.2) is 0 Å². The molecule has 0 aliphatic carbocycles. The Hall–Kier alpha value is -3.54. The number of carbonyl (C=O) groups excluding carboxylic acids is 3. The number of carboxylic acid groups (broad SMARTS) is 1. The van der Waals surface area contributed by atoms with Crippen LogP contribution in [0.4, 0.5) is 11.4 Å². The fourth-order valence-electron chi connectivity index (χ4n) is 2.80. The summed E-state index contributed by atoms with van der Waals surface area (Å²) in [5, 5.41) is 22.8. The number of hydrogen-bond donors (Lipinski definition) is 2. The lowest BCUT2D eigenvalue weighted by molar-refractivity contribution is -0.384. The predicted molar refractivity (Wildman–Crippen MR) is 112 cm³/mol. The zero-order valence-corrected chi connectivity index (χ0v) is 18.1. The van der Waals surface area contributed by atoms with Crippen molar-refractivity contribution >= 4 is 35.2 Å². The first-order valence-corrected chi connectivity index (χ1v) is 9.96. The average molecular weight is 453 g/mol. The second-order valence-corrected chi connectivity index (χ2v) is 6.63. The molecule has 0 spiro atoms. The van der Waals surface area contributed by atoms with Gasteiger partial charge in [0.1, 0.15) is 12.6 Å². The van der Waals surface area contributed by atoms with Crippen molar-refractivity contribution < 1.29 is 38.7 Å². The van der Waals surface area contributed by atoms with Crippen LogP contribution in [-0.2, 0) is 28.7 Å². The summed E-state index contributed by atoms with van der Waals surface area (Å²) >= 11 is 0. The summed E-state index contributed by atoms with van der Waals surface area (Å²) in [5.74, 6) is -3.17. The van der Waals surface area contributed by atoms with Crippen molar-refractivity contribution in [3.63, 3.8) is 0 Å². The van der Waals surface area contributed by atoms with Crippen molar-refractivity contribution in [3.05, 3.63) is 34.4 Å². The quantitative estimate of drug-likeness (QED) is 0.252. The fourth-order valence-corrected chi connectivity index (χ4v) is 2.80. The van der Waals surface area contributed by atoms with Crippen molar-refractivity contribution in [2.45, 2.75) is 45.7 Å². The summed E-state index contributed by atoms with van der Waals surface area (Å²) in [5.41, 5.74) is -0.0835. The number of nitrogens with one attached hydrogen (secondary N) is 1. The third kappa shape index (κ3) is 8.30. The number of non-ortho nitro benzene ring substituents is 1. The van der Waals surface area contributed by atoms with Gasteiger partial charge in [-0.1, -0.05) is 0 Å². The van der Waals surface area contributed by atoms with Crippen LogP contribution in [0.2, 0.25) is 0 Å². The molecule has 12 heteroatoms. The predicted octanol–water partition coefficient (Wildman–Crippen LogP) is 1.27. The smallest absolute Gasteiger partial charge is 0.323 e. The molecule has 1 rings (SSSR count). The molecule has 32 heavy (non-hydrogen) atoms. The van der Waals surface area contributed by atoms with Crippen molar-refractivity contribution in [1.29, 1.82) is 0 Å². The molecule has 0 heterocycles. The summed E-state index contributed by atoms with van der Waals surface area (Å²) in [6, 6.07) is 2.76. The number of esters is 2. The van der Waals surface area contributed by atoms with E-state index in [1.807, 2.05) is 0 Å². The number of carboxylic acids is 1. The van der Waals surface area contributed by atoms with Gasteiger partial charge in [0, 0.05) is 24.2 Å².